The molecule has 1 heterocycles. The summed E-state index contributed by atoms with van der Waals surface area (Å²) in [7, 11) is 0. The van der Waals surface area contributed by atoms with Gasteiger partial charge in [-0.25, -0.2) is 4.98 Å². The Morgan fingerprint density at radius 1 is 1.44 bits per heavy atom. The summed E-state index contributed by atoms with van der Waals surface area (Å²) in [5.41, 5.74) is 0. The molecule has 0 radical (unpaired) electrons. The van der Waals surface area contributed by atoms with Gasteiger partial charge < -0.3 is 10.6 Å². The molecule has 0 atom stereocenters. The Morgan fingerprint density at radius 3 is 2.94 bits per heavy atom. The topological polar surface area (TPSA) is 49.8 Å². The van der Waals surface area contributed by atoms with Gasteiger partial charge in [-0.15, -0.1) is 0 Å². The van der Waals surface area contributed by atoms with Crippen molar-refractivity contribution >= 4 is 23.4 Å². The monoisotopic (exact) mass is 240 g/mol. The molecule has 1 fully saturated rings. The van der Waals surface area contributed by atoms with Crippen molar-refractivity contribution in [1.29, 1.82) is 0 Å². The van der Waals surface area contributed by atoms with E-state index in [9.17, 15) is 0 Å². The van der Waals surface area contributed by atoms with E-state index in [2.05, 4.69) is 20.6 Å². The summed E-state index contributed by atoms with van der Waals surface area (Å²) in [5, 5.41) is 6.91. The number of aromatic nitrogens is 2. The van der Waals surface area contributed by atoms with Crippen LogP contribution in [0.25, 0.3) is 0 Å². The lowest BCUT2D eigenvalue weighted by Crippen LogP contribution is -2.08. The fourth-order valence-corrected chi connectivity index (χ4v) is 1.69. The highest BCUT2D eigenvalue weighted by Crippen LogP contribution is 2.32. The van der Waals surface area contributed by atoms with Crippen LogP contribution in [0.1, 0.15) is 26.2 Å². The molecule has 1 aromatic heterocycles. The Bertz CT molecular complexity index is 352. The molecule has 4 nitrogen and oxygen atoms in total. The average Bonchev–Trinajstić information content (AvgIpc) is 3.07. The maximum atomic E-state index is 6.01. The Labute approximate surface area is 101 Å². The standard InChI is InChI=1S/C11H17ClN4/c1-2-13-11-15-7-9(12)10(16-11)14-6-5-8-3-4-8/h7-8H,2-6H2,1H3,(H2,13,14,15,16). The molecular formula is C11H17ClN4. The van der Waals surface area contributed by atoms with Crippen molar-refractivity contribution in [3.63, 3.8) is 0 Å². The molecule has 1 aliphatic carbocycles. The van der Waals surface area contributed by atoms with Crippen LogP contribution in [-0.4, -0.2) is 23.1 Å². The Hall–Kier alpha value is -1.03. The van der Waals surface area contributed by atoms with Crippen LogP contribution in [0.4, 0.5) is 11.8 Å². The zero-order valence-corrected chi connectivity index (χ0v) is 10.2. The van der Waals surface area contributed by atoms with Crippen molar-refractivity contribution in [2.45, 2.75) is 26.2 Å². The highest BCUT2D eigenvalue weighted by Gasteiger charge is 2.20. The average molecular weight is 241 g/mol. The molecule has 0 unspecified atom stereocenters. The van der Waals surface area contributed by atoms with Gasteiger partial charge >= 0.3 is 0 Å². The molecule has 0 aromatic carbocycles. The fourth-order valence-electron chi connectivity index (χ4n) is 1.54. The summed E-state index contributed by atoms with van der Waals surface area (Å²) in [6, 6.07) is 0. The molecule has 16 heavy (non-hydrogen) atoms. The second kappa shape index (κ2) is 5.34. The smallest absolute Gasteiger partial charge is 0.224 e. The van der Waals surface area contributed by atoms with Gasteiger partial charge in [0, 0.05) is 13.1 Å². The summed E-state index contributed by atoms with van der Waals surface area (Å²) >= 11 is 6.01. The SMILES string of the molecule is CCNc1ncc(Cl)c(NCCC2CC2)n1. The minimum Gasteiger partial charge on any atom is -0.369 e. The normalized spacial score (nSPS) is 14.9. The van der Waals surface area contributed by atoms with Gasteiger partial charge in [0.25, 0.3) is 0 Å². The lowest BCUT2D eigenvalue weighted by atomic mass is 10.3. The molecule has 0 bridgehead atoms. The number of hydrogen-bond donors (Lipinski definition) is 2. The number of hydrogen-bond acceptors (Lipinski definition) is 4. The number of anilines is 2. The number of nitrogens with zero attached hydrogens (tertiary/aromatic N) is 2. The first-order valence-corrected chi connectivity index (χ1v) is 6.17. The van der Waals surface area contributed by atoms with Crippen LogP contribution in [-0.2, 0) is 0 Å². The van der Waals surface area contributed by atoms with Crippen LogP contribution >= 0.6 is 11.6 Å². The lowest BCUT2D eigenvalue weighted by Gasteiger charge is -2.08. The molecule has 0 saturated heterocycles. The van der Waals surface area contributed by atoms with E-state index in [1.54, 1.807) is 6.20 Å². The van der Waals surface area contributed by atoms with Gasteiger partial charge in [0.1, 0.15) is 10.8 Å². The van der Waals surface area contributed by atoms with Crippen molar-refractivity contribution < 1.29 is 0 Å². The summed E-state index contributed by atoms with van der Waals surface area (Å²) in [6.07, 6.45) is 5.59. The van der Waals surface area contributed by atoms with E-state index in [0.29, 0.717) is 11.0 Å². The minimum absolute atomic E-state index is 0.581. The van der Waals surface area contributed by atoms with E-state index in [4.69, 9.17) is 11.6 Å². The van der Waals surface area contributed by atoms with Gasteiger partial charge in [0.2, 0.25) is 5.95 Å². The quantitative estimate of drug-likeness (QED) is 0.803. The fraction of sp³-hybridized carbons (Fsp3) is 0.636. The van der Waals surface area contributed by atoms with Crippen molar-refractivity contribution in [2.24, 2.45) is 5.92 Å². The van der Waals surface area contributed by atoms with E-state index in [-0.39, 0.29) is 0 Å². The van der Waals surface area contributed by atoms with Crippen LogP contribution in [0.15, 0.2) is 6.20 Å². The molecule has 1 saturated carbocycles. The minimum atomic E-state index is 0.581. The van der Waals surface area contributed by atoms with Gasteiger partial charge in [-0.05, 0) is 19.3 Å². The lowest BCUT2D eigenvalue weighted by molar-refractivity contribution is 0.758. The van der Waals surface area contributed by atoms with Crippen molar-refractivity contribution in [2.75, 3.05) is 23.7 Å². The first-order valence-electron chi connectivity index (χ1n) is 5.80. The first-order chi connectivity index (χ1) is 7.79. The molecule has 2 N–H and O–H groups in total. The van der Waals surface area contributed by atoms with Gasteiger partial charge in [0.05, 0.1) is 6.20 Å². The van der Waals surface area contributed by atoms with Crippen LogP contribution in [0.2, 0.25) is 5.02 Å². The molecule has 0 aliphatic heterocycles. The van der Waals surface area contributed by atoms with Gasteiger partial charge in [-0.2, -0.15) is 4.98 Å². The molecule has 1 aliphatic rings. The van der Waals surface area contributed by atoms with Gasteiger partial charge in [-0.1, -0.05) is 24.4 Å². The van der Waals surface area contributed by atoms with E-state index >= 15 is 0 Å². The first kappa shape index (κ1) is 11.5. The second-order valence-electron chi connectivity index (χ2n) is 4.08. The number of halogens is 1. The highest BCUT2D eigenvalue weighted by atomic mass is 35.5. The number of nitrogens with one attached hydrogen (secondary N) is 2. The molecule has 2 rings (SSSR count). The summed E-state index contributed by atoms with van der Waals surface area (Å²) in [5.74, 6) is 2.27. The molecular weight excluding hydrogens is 224 g/mol. The Morgan fingerprint density at radius 2 is 2.25 bits per heavy atom. The van der Waals surface area contributed by atoms with Crippen molar-refractivity contribution in [3.8, 4) is 0 Å². The third-order valence-electron chi connectivity index (χ3n) is 2.62. The molecule has 88 valence electrons. The van der Waals surface area contributed by atoms with E-state index in [1.165, 1.54) is 19.3 Å². The van der Waals surface area contributed by atoms with E-state index < -0.39 is 0 Å². The molecule has 0 spiro atoms. The Kier molecular flexibility index (Phi) is 3.83. The predicted molar refractivity (Wildman–Crippen MR) is 67.0 cm³/mol. The Balaban J connectivity index is 1.91. The van der Waals surface area contributed by atoms with Gasteiger partial charge in [-0.3, -0.25) is 0 Å². The van der Waals surface area contributed by atoms with E-state index in [1.807, 2.05) is 6.92 Å². The summed E-state index contributed by atoms with van der Waals surface area (Å²) in [6.45, 7) is 3.76. The third-order valence-corrected chi connectivity index (χ3v) is 2.90. The summed E-state index contributed by atoms with van der Waals surface area (Å²) in [4.78, 5) is 8.40. The molecule has 0 amide bonds. The van der Waals surface area contributed by atoms with E-state index in [0.717, 1.165) is 24.8 Å². The van der Waals surface area contributed by atoms with Crippen LogP contribution in [0, 0.1) is 5.92 Å². The maximum absolute atomic E-state index is 6.01. The highest BCUT2D eigenvalue weighted by molar-refractivity contribution is 6.32. The number of rotatable bonds is 6. The molecule has 1 aromatic rings. The van der Waals surface area contributed by atoms with Gasteiger partial charge in [0.15, 0.2) is 0 Å². The van der Waals surface area contributed by atoms with Crippen molar-refractivity contribution in [3.05, 3.63) is 11.2 Å². The third kappa shape index (κ3) is 3.23. The summed E-state index contributed by atoms with van der Waals surface area (Å²) < 4.78 is 0. The van der Waals surface area contributed by atoms with Crippen LogP contribution < -0.4 is 10.6 Å². The van der Waals surface area contributed by atoms with Crippen LogP contribution in [0.5, 0.6) is 0 Å². The zero-order valence-electron chi connectivity index (χ0n) is 9.46. The maximum Gasteiger partial charge on any atom is 0.224 e. The zero-order chi connectivity index (χ0) is 11.4. The largest absolute Gasteiger partial charge is 0.369 e. The predicted octanol–water partition coefficient (Wildman–Crippen LogP) is 2.77. The second-order valence-corrected chi connectivity index (χ2v) is 4.49. The van der Waals surface area contributed by atoms with Crippen molar-refractivity contribution in [1.82, 2.24) is 9.97 Å². The molecule has 5 heteroatoms. The van der Waals surface area contributed by atoms with Crippen LogP contribution in [0.3, 0.4) is 0 Å².